The van der Waals surface area contributed by atoms with Crippen LogP contribution in [0.4, 0.5) is 5.95 Å². The number of nitrogens with one attached hydrogen (secondary N) is 1. The van der Waals surface area contributed by atoms with Crippen LogP contribution < -0.4 is 16.1 Å². The molecule has 1 saturated heterocycles. The number of aromatic nitrogens is 4. The Bertz CT molecular complexity index is 1160. The molecule has 4 rings (SSSR count). The second kappa shape index (κ2) is 9.28. The van der Waals surface area contributed by atoms with Gasteiger partial charge in [0.05, 0.1) is 0 Å². The van der Waals surface area contributed by atoms with Crippen LogP contribution in [0.1, 0.15) is 31.7 Å². The summed E-state index contributed by atoms with van der Waals surface area (Å²) in [4.78, 5) is 36.5. The topological polar surface area (TPSA) is 79.2 Å². The standard InChI is InChI=1S/C22H29ClN6O2/c1-3-4-5-10-29-18-19(26(2)22(31)25-20(18)30)24-21(29)28-13-11-27(12-14-28)15-16-6-8-17(23)9-7-16/h6-9H,3-5,10-15H2,1-2H3,(H,25,30,31). The molecule has 1 aliphatic rings. The summed E-state index contributed by atoms with van der Waals surface area (Å²) in [7, 11) is 1.65. The maximum Gasteiger partial charge on any atom is 0.329 e. The van der Waals surface area contributed by atoms with Gasteiger partial charge in [-0.3, -0.25) is 19.2 Å². The van der Waals surface area contributed by atoms with Gasteiger partial charge in [-0.25, -0.2) is 4.79 Å². The van der Waals surface area contributed by atoms with Gasteiger partial charge in [0.1, 0.15) is 0 Å². The number of aryl methyl sites for hydroxylation is 2. The fourth-order valence-electron chi connectivity index (χ4n) is 4.15. The Morgan fingerprint density at radius 1 is 1.06 bits per heavy atom. The van der Waals surface area contributed by atoms with E-state index in [1.165, 1.54) is 10.1 Å². The quantitative estimate of drug-likeness (QED) is 0.566. The maximum absolute atomic E-state index is 12.6. The molecule has 1 aliphatic heterocycles. The molecule has 2 aromatic heterocycles. The van der Waals surface area contributed by atoms with E-state index in [1.54, 1.807) is 7.05 Å². The number of rotatable bonds is 7. The average Bonchev–Trinajstić information content (AvgIpc) is 3.15. The van der Waals surface area contributed by atoms with Crippen molar-refractivity contribution < 1.29 is 0 Å². The van der Waals surface area contributed by atoms with Crippen molar-refractivity contribution >= 4 is 28.7 Å². The lowest BCUT2D eigenvalue weighted by Crippen LogP contribution is -2.46. The second-order valence-electron chi connectivity index (χ2n) is 8.15. The molecule has 0 radical (unpaired) electrons. The number of hydrogen-bond acceptors (Lipinski definition) is 5. The van der Waals surface area contributed by atoms with Crippen LogP contribution in [0.2, 0.25) is 5.02 Å². The molecule has 0 aliphatic carbocycles. The first-order chi connectivity index (χ1) is 15.0. The lowest BCUT2D eigenvalue weighted by Gasteiger charge is -2.35. The van der Waals surface area contributed by atoms with Crippen molar-refractivity contribution in [3.8, 4) is 0 Å². The molecule has 8 nitrogen and oxygen atoms in total. The number of unbranched alkanes of at least 4 members (excludes halogenated alkanes) is 2. The SMILES string of the molecule is CCCCCn1c(N2CCN(Cc3ccc(Cl)cc3)CC2)nc2c1c(=O)[nH]c(=O)n2C. The Morgan fingerprint density at radius 3 is 2.45 bits per heavy atom. The minimum atomic E-state index is -0.435. The van der Waals surface area contributed by atoms with Crippen LogP contribution in [-0.4, -0.2) is 50.2 Å². The number of imidazole rings is 1. The monoisotopic (exact) mass is 444 g/mol. The van der Waals surface area contributed by atoms with Crippen LogP contribution in [0.25, 0.3) is 11.2 Å². The minimum Gasteiger partial charge on any atom is -0.340 e. The van der Waals surface area contributed by atoms with Gasteiger partial charge in [-0.1, -0.05) is 43.5 Å². The molecule has 31 heavy (non-hydrogen) atoms. The average molecular weight is 445 g/mol. The summed E-state index contributed by atoms with van der Waals surface area (Å²) < 4.78 is 3.42. The van der Waals surface area contributed by atoms with E-state index in [9.17, 15) is 9.59 Å². The molecule has 0 unspecified atom stereocenters. The Labute approximate surface area is 186 Å². The molecule has 1 N–H and O–H groups in total. The van der Waals surface area contributed by atoms with Crippen molar-refractivity contribution in [2.75, 3.05) is 31.1 Å². The van der Waals surface area contributed by atoms with E-state index >= 15 is 0 Å². The number of halogens is 1. The first-order valence-electron chi connectivity index (χ1n) is 10.9. The van der Waals surface area contributed by atoms with Gasteiger partial charge in [-0.15, -0.1) is 0 Å². The molecule has 0 saturated carbocycles. The Morgan fingerprint density at radius 2 is 1.77 bits per heavy atom. The van der Waals surface area contributed by atoms with Gasteiger partial charge in [0.2, 0.25) is 5.95 Å². The van der Waals surface area contributed by atoms with Crippen molar-refractivity contribution in [2.24, 2.45) is 7.05 Å². The summed E-state index contributed by atoms with van der Waals surface area (Å²) in [6.45, 7) is 7.18. The summed E-state index contributed by atoms with van der Waals surface area (Å²) in [6.07, 6.45) is 3.14. The number of hydrogen-bond donors (Lipinski definition) is 1. The van der Waals surface area contributed by atoms with Crippen molar-refractivity contribution in [2.45, 2.75) is 39.3 Å². The number of H-pyrrole nitrogens is 1. The number of benzene rings is 1. The molecule has 9 heteroatoms. The molecule has 0 atom stereocenters. The predicted molar refractivity (Wildman–Crippen MR) is 124 cm³/mol. The highest BCUT2D eigenvalue weighted by Crippen LogP contribution is 2.22. The normalized spacial score (nSPS) is 15.1. The van der Waals surface area contributed by atoms with E-state index < -0.39 is 5.69 Å². The Balaban J connectivity index is 1.57. The summed E-state index contributed by atoms with van der Waals surface area (Å²) in [5.41, 5.74) is 1.37. The zero-order chi connectivity index (χ0) is 22.0. The third kappa shape index (κ3) is 4.55. The van der Waals surface area contributed by atoms with E-state index in [0.717, 1.165) is 63.0 Å². The van der Waals surface area contributed by atoms with Crippen LogP contribution in [0.3, 0.4) is 0 Å². The van der Waals surface area contributed by atoms with E-state index in [0.29, 0.717) is 17.7 Å². The van der Waals surface area contributed by atoms with Crippen molar-refractivity contribution in [3.63, 3.8) is 0 Å². The lowest BCUT2D eigenvalue weighted by atomic mass is 10.2. The Hall–Kier alpha value is -2.58. The highest BCUT2D eigenvalue weighted by molar-refractivity contribution is 6.30. The van der Waals surface area contributed by atoms with Gasteiger partial charge in [-0.2, -0.15) is 4.98 Å². The third-order valence-corrected chi connectivity index (χ3v) is 6.20. The minimum absolute atomic E-state index is 0.366. The van der Waals surface area contributed by atoms with Crippen molar-refractivity contribution in [1.82, 2.24) is 24.0 Å². The molecular weight excluding hydrogens is 416 g/mol. The third-order valence-electron chi connectivity index (χ3n) is 5.95. The zero-order valence-electron chi connectivity index (χ0n) is 18.1. The number of nitrogens with zero attached hydrogens (tertiary/aromatic N) is 5. The van der Waals surface area contributed by atoms with Crippen LogP contribution in [-0.2, 0) is 20.1 Å². The second-order valence-corrected chi connectivity index (χ2v) is 8.59. The number of aromatic amines is 1. The summed E-state index contributed by atoms with van der Waals surface area (Å²) in [5.74, 6) is 0.781. The molecule has 3 aromatic rings. The van der Waals surface area contributed by atoms with Gasteiger partial charge in [0.15, 0.2) is 11.2 Å². The van der Waals surface area contributed by atoms with Gasteiger partial charge < -0.3 is 9.47 Å². The Kier molecular flexibility index (Phi) is 6.48. The van der Waals surface area contributed by atoms with Crippen LogP contribution in [0.5, 0.6) is 0 Å². The van der Waals surface area contributed by atoms with Crippen molar-refractivity contribution in [3.05, 3.63) is 55.7 Å². The lowest BCUT2D eigenvalue weighted by molar-refractivity contribution is 0.248. The van der Waals surface area contributed by atoms with Crippen molar-refractivity contribution in [1.29, 1.82) is 0 Å². The molecule has 3 heterocycles. The number of piperazine rings is 1. The van der Waals surface area contributed by atoms with E-state index in [1.807, 2.05) is 16.7 Å². The summed E-state index contributed by atoms with van der Waals surface area (Å²) in [5, 5.41) is 0.750. The van der Waals surface area contributed by atoms with Gasteiger partial charge >= 0.3 is 5.69 Å². The highest BCUT2D eigenvalue weighted by Gasteiger charge is 2.24. The van der Waals surface area contributed by atoms with E-state index in [-0.39, 0.29) is 5.56 Å². The molecular formula is C22H29ClN6O2. The van der Waals surface area contributed by atoms with E-state index in [4.69, 9.17) is 16.6 Å². The van der Waals surface area contributed by atoms with Gasteiger partial charge in [0, 0.05) is 51.3 Å². The molecule has 0 spiro atoms. The van der Waals surface area contributed by atoms with Gasteiger partial charge in [0.25, 0.3) is 5.56 Å². The first kappa shape index (κ1) is 21.6. The molecule has 0 bridgehead atoms. The number of anilines is 1. The predicted octanol–water partition coefficient (Wildman–Crippen LogP) is 2.59. The number of fused-ring (bicyclic) bond motifs is 1. The zero-order valence-corrected chi connectivity index (χ0v) is 18.9. The molecule has 1 aromatic carbocycles. The first-order valence-corrected chi connectivity index (χ1v) is 11.3. The summed E-state index contributed by atoms with van der Waals surface area (Å²) >= 11 is 5.99. The molecule has 166 valence electrons. The van der Waals surface area contributed by atoms with Crippen LogP contribution >= 0.6 is 11.6 Å². The van der Waals surface area contributed by atoms with Crippen LogP contribution in [0, 0.1) is 0 Å². The maximum atomic E-state index is 12.6. The summed E-state index contributed by atoms with van der Waals surface area (Å²) in [6, 6.07) is 7.98. The fourth-order valence-corrected chi connectivity index (χ4v) is 4.28. The fraction of sp³-hybridized carbons (Fsp3) is 0.500. The van der Waals surface area contributed by atoms with Crippen LogP contribution in [0.15, 0.2) is 33.9 Å². The van der Waals surface area contributed by atoms with Gasteiger partial charge in [-0.05, 0) is 24.1 Å². The van der Waals surface area contributed by atoms with E-state index in [2.05, 4.69) is 33.8 Å². The largest absolute Gasteiger partial charge is 0.340 e. The molecule has 1 fully saturated rings. The highest BCUT2D eigenvalue weighted by atomic mass is 35.5. The molecule has 0 amide bonds. The smallest absolute Gasteiger partial charge is 0.329 e.